The fourth-order valence-electron chi connectivity index (χ4n) is 1.72. The Labute approximate surface area is 116 Å². The molecule has 0 amide bonds. The summed E-state index contributed by atoms with van der Waals surface area (Å²) in [5, 5.41) is 2.66. The Kier molecular flexibility index (Phi) is 6.06. The van der Waals surface area contributed by atoms with Gasteiger partial charge in [-0.1, -0.05) is 0 Å². The summed E-state index contributed by atoms with van der Waals surface area (Å²) < 4.78 is 43.8. The fraction of sp³-hybridized carbons (Fsp3) is 0.615. The summed E-state index contributed by atoms with van der Waals surface area (Å²) in [6.07, 6.45) is -4.39. The molecule has 20 heavy (non-hydrogen) atoms. The van der Waals surface area contributed by atoms with Crippen molar-refractivity contribution >= 4 is 11.6 Å². The zero-order valence-electron chi connectivity index (χ0n) is 11.9. The van der Waals surface area contributed by atoms with E-state index in [0.717, 1.165) is 12.1 Å². The molecule has 1 N–H and O–H groups in total. The molecule has 114 valence electrons. The Morgan fingerprint density at radius 3 is 2.50 bits per heavy atom. The average molecular weight is 291 g/mol. The van der Waals surface area contributed by atoms with Crippen molar-refractivity contribution in [2.45, 2.75) is 20.0 Å². The van der Waals surface area contributed by atoms with Gasteiger partial charge in [-0.2, -0.15) is 13.2 Å². The molecule has 1 rings (SSSR count). The van der Waals surface area contributed by atoms with Crippen molar-refractivity contribution in [3.8, 4) is 0 Å². The molecule has 0 radical (unpaired) electrons. The standard InChI is InChI=1S/C13H20F3N3O/c1-4-19(6-7-20-5-2)12-9-10(13(14,15)16)8-11(17-3)18-12/h8-9H,4-7H2,1-3H3,(H,17,18). The molecule has 1 aromatic heterocycles. The molecule has 0 atom stereocenters. The molecule has 7 heteroatoms. The highest BCUT2D eigenvalue weighted by molar-refractivity contribution is 5.51. The van der Waals surface area contributed by atoms with Gasteiger partial charge in [0.05, 0.1) is 12.2 Å². The molecular weight excluding hydrogens is 271 g/mol. The van der Waals surface area contributed by atoms with Gasteiger partial charge in [-0.3, -0.25) is 0 Å². The van der Waals surface area contributed by atoms with Gasteiger partial charge in [0.25, 0.3) is 0 Å². The smallest absolute Gasteiger partial charge is 0.380 e. The van der Waals surface area contributed by atoms with Crippen LogP contribution in [0.1, 0.15) is 19.4 Å². The molecule has 0 saturated carbocycles. The Balaban J connectivity index is 3.02. The number of nitrogens with one attached hydrogen (secondary N) is 1. The monoisotopic (exact) mass is 291 g/mol. The minimum Gasteiger partial charge on any atom is -0.380 e. The summed E-state index contributed by atoms with van der Waals surface area (Å²) in [4.78, 5) is 5.93. The predicted molar refractivity (Wildman–Crippen MR) is 73.2 cm³/mol. The van der Waals surface area contributed by atoms with E-state index >= 15 is 0 Å². The quantitative estimate of drug-likeness (QED) is 0.784. The highest BCUT2D eigenvalue weighted by Crippen LogP contribution is 2.32. The van der Waals surface area contributed by atoms with Crippen molar-refractivity contribution in [2.75, 3.05) is 43.6 Å². The number of halogens is 3. The van der Waals surface area contributed by atoms with Crippen LogP contribution < -0.4 is 10.2 Å². The molecule has 0 bridgehead atoms. The molecule has 0 fully saturated rings. The maximum atomic E-state index is 12.9. The van der Waals surface area contributed by atoms with Crippen LogP contribution in [0.3, 0.4) is 0 Å². The first kappa shape index (κ1) is 16.6. The molecule has 0 aliphatic heterocycles. The maximum Gasteiger partial charge on any atom is 0.416 e. The predicted octanol–water partition coefficient (Wildman–Crippen LogP) is 3.00. The Bertz CT molecular complexity index is 424. The SMILES string of the molecule is CCOCCN(CC)c1cc(C(F)(F)F)cc(NC)n1. The largest absolute Gasteiger partial charge is 0.416 e. The Morgan fingerprint density at radius 2 is 2.00 bits per heavy atom. The van der Waals surface area contributed by atoms with Gasteiger partial charge in [0.15, 0.2) is 0 Å². The van der Waals surface area contributed by atoms with Crippen LogP contribution in [-0.4, -0.2) is 38.3 Å². The van der Waals surface area contributed by atoms with E-state index in [1.165, 1.54) is 0 Å². The third kappa shape index (κ3) is 4.56. The second-order valence-electron chi connectivity index (χ2n) is 4.12. The van der Waals surface area contributed by atoms with Crippen molar-refractivity contribution in [2.24, 2.45) is 0 Å². The van der Waals surface area contributed by atoms with Crippen LogP contribution >= 0.6 is 0 Å². The summed E-state index contributed by atoms with van der Waals surface area (Å²) in [7, 11) is 1.54. The molecule has 0 aliphatic rings. The van der Waals surface area contributed by atoms with E-state index in [2.05, 4.69) is 10.3 Å². The molecular formula is C13H20F3N3O. The Morgan fingerprint density at radius 1 is 1.30 bits per heavy atom. The Hall–Kier alpha value is -1.50. The highest BCUT2D eigenvalue weighted by Gasteiger charge is 2.32. The first-order chi connectivity index (χ1) is 9.42. The number of ether oxygens (including phenoxy) is 1. The van der Waals surface area contributed by atoms with Crippen molar-refractivity contribution in [1.82, 2.24) is 4.98 Å². The number of nitrogens with zero attached hydrogens (tertiary/aromatic N) is 2. The first-order valence-electron chi connectivity index (χ1n) is 6.52. The molecule has 0 aromatic carbocycles. The van der Waals surface area contributed by atoms with Crippen molar-refractivity contribution in [3.05, 3.63) is 17.7 Å². The summed E-state index contributed by atoms with van der Waals surface area (Å²) in [6, 6.07) is 2.07. The van der Waals surface area contributed by atoms with Crippen molar-refractivity contribution in [3.63, 3.8) is 0 Å². The molecule has 0 spiro atoms. The topological polar surface area (TPSA) is 37.4 Å². The molecule has 0 unspecified atom stereocenters. The second-order valence-corrected chi connectivity index (χ2v) is 4.12. The zero-order valence-corrected chi connectivity index (χ0v) is 11.9. The minimum absolute atomic E-state index is 0.199. The van der Waals surface area contributed by atoms with E-state index in [1.54, 1.807) is 11.9 Å². The number of aromatic nitrogens is 1. The van der Waals surface area contributed by atoms with Gasteiger partial charge >= 0.3 is 6.18 Å². The van der Waals surface area contributed by atoms with E-state index in [-0.39, 0.29) is 5.82 Å². The highest BCUT2D eigenvalue weighted by atomic mass is 19.4. The molecule has 0 saturated heterocycles. The number of rotatable bonds is 7. The van der Waals surface area contributed by atoms with E-state index in [4.69, 9.17) is 4.74 Å². The van der Waals surface area contributed by atoms with Crippen LogP contribution in [0.5, 0.6) is 0 Å². The van der Waals surface area contributed by atoms with E-state index in [9.17, 15) is 13.2 Å². The average Bonchev–Trinajstić information content (AvgIpc) is 2.42. The third-order valence-electron chi connectivity index (χ3n) is 2.81. The van der Waals surface area contributed by atoms with Crippen molar-refractivity contribution in [1.29, 1.82) is 0 Å². The zero-order chi connectivity index (χ0) is 15.2. The van der Waals surface area contributed by atoms with Gasteiger partial charge in [0, 0.05) is 26.7 Å². The summed E-state index contributed by atoms with van der Waals surface area (Å²) in [6.45, 7) is 5.84. The third-order valence-corrected chi connectivity index (χ3v) is 2.81. The lowest BCUT2D eigenvalue weighted by Crippen LogP contribution is -2.28. The van der Waals surface area contributed by atoms with Gasteiger partial charge in [0.1, 0.15) is 11.6 Å². The molecule has 1 aromatic rings. The van der Waals surface area contributed by atoms with E-state index in [0.29, 0.717) is 32.1 Å². The number of hydrogen-bond donors (Lipinski definition) is 1. The number of alkyl halides is 3. The summed E-state index contributed by atoms with van der Waals surface area (Å²) in [5.74, 6) is 0.496. The van der Waals surface area contributed by atoms with Gasteiger partial charge < -0.3 is 15.0 Å². The molecule has 4 nitrogen and oxygen atoms in total. The number of pyridine rings is 1. The van der Waals surface area contributed by atoms with Gasteiger partial charge in [-0.05, 0) is 26.0 Å². The lowest BCUT2D eigenvalue weighted by Gasteiger charge is -2.23. The normalized spacial score (nSPS) is 11.5. The number of hydrogen-bond acceptors (Lipinski definition) is 4. The van der Waals surface area contributed by atoms with Crippen molar-refractivity contribution < 1.29 is 17.9 Å². The lowest BCUT2D eigenvalue weighted by molar-refractivity contribution is -0.137. The van der Waals surface area contributed by atoms with Crippen LogP contribution in [-0.2, 0) is 10.9 Å². The second kappa shape index (κ2) is 7.33. The summed E-state index contributed by atoms with van der Waals surface area (Å²) >= 11 is 0. The van der Waals surface area contributed by atoms with E-state index < -0.39 is 11.7 Å². The van der Waals surface area contributed by atoms with Gasteiger partial charge in [0.2, 0.25) is 0 Å². The fourth-order valence-corrected chi connectivity index (χ4v) is 1.72. The van der Waals surface area contributed by atoms with Crippen LogP contribution in [0.4, 0.5) is 24.8 Å². The van der Waals surface area contributed by atoms with Crippen LogP contribution in [0, 0.1) is 0 Å². The minimum atomic E-state index is -4.39. The first-order valence-corrected chi connectivity index (χ1v) is 6.52. The van der Waals surface area contributed by atoms with E-state index in [1.807, 2.05) is 13.8 Å². The van der Waals surface area contributed by atoms with Gasteiger partial charge in [-0.15, -0.1) is 0 Å². The number of likely N-dealkylation sites (N-methyl/N-ethyl adjacent to an activating group) is 1. The van der Waals surface area contributed by atoms with Crippen LogP contribution in [0.2, 0.25) is 0 Å². The van der Waals surface area contributed by atoms with Crippen LogP contribution in [0.15, 0.2) is 12.1 Å². The van der Waals surface area contributed by atoms with Gasteiger partial charge in [-0.25, -0.2) is 4.98 Å². The molecule has 1 heterocycles. The molecule has 0 aliphatic carbocycles. The maximum absolute atomic E-state index is 12.9. The lowest BCUT2D eigenvalue weighted by atomic mass is 10.2. The van der Waals surface area contributed by atoms with Crippen LogP contribution in [0.25, 0.3) is 0 Å². The number of anilines is 2. The summed E-state index contributed by atoms with van der Waals surface area (Å²) in [5.41, 5.74) is -0.707.